The third kappa shape index (κ3) is 2.10. The second-order valence-corrected chi connectivity index (χ2v) is 3.74. The minimum absolute atomic E-state index is 0.0460. The number of carbonyl (C=O) groups is 1. The Labute approximate surface area is 82.4 Å². The number of aldehydes is 1. The van der Waals surface area contributed by atoms with E-state index in [1.807, 2.05) is 0 Å². The lowest BCUT2D eigenvalue weighted by atomic mass is 9.87. The highest BCUT2D eigenvalue weighted by Gasteiger charge is 2.31. The molecule has 0 aromatic heterocycles. The molecule has 0 aliphatic heterocycles. The van der Waals surface area contributed by atoms with E-state index in [9.17, 15) is 14.3 Å². The number of halogens is 1. The Morgan fingerprint density at radius 2 is 2.00 bits per heavy atom. The maximum Gasteiger partial charge on any atom is 0.130 e. The standard InChI is InChI=1S/C11H13FO2/c1-11(2,12)9(7-13)8-5-3-4-6-10(8)14/h3-7,9,14H,1-2H3. The van der Waals surface area contributed by atoms with Crippen molar-refractivity contribution in [1.29, 1.82) is 0 Å². The monoisotopic (exact) mass is 196 g/mol. The minimum Gasteiger partial charge on any atom is -0.508 e. The van der Waals surface area contributed by atoms with Gasteiger partial charge in [-0.3, -0.25) is 0 Å². The van der Waals surface area contributed by atoms with Crippen LogP contribution < -0.4 is 0 Å². The zero-order chi connectivity index (χ0) is 10.8. The van der Waals surface area contributed by atoms with Crippen LogP contribution in [0.25, 0.3) is 0 Å². The highest BCUT2D eigenvalue weighted by atomic mass is 19.1. The van der Waals surface area contributed by atoms with Gasteiger partial charge in [0.25, 0.3) is 0 Å². The number of carbonyl (C=O) groups excluding carboxylic acids is 1. The fraction of sp³-hybridized carbons (Fsp3) is 0.364. The van der Waals surface area contributed by atoms with Crippen LogP contribution in [0.5, 0.6) is 5.75 Å². The highest BCUT2D eigenvalue weighted by Crippen LogP contribution is 2.34. The van der Waals surface area contributed by atoms with E-state index in [-0.39, 0.29) is 5.75 Å². The van der Waals surface area contributed by atoms with Crippen LogP contribution in [0.15, 0.2) is 24.3 Å². The van der Waals surface area contributed by atoms with E-state index in [0.717, 1.165) is 0 Å². The summed E-state index contributed by atoms with van der Waals surface area (Å²) < 4.78 is 13.6. The first-order valence-electron chi connectivity index (χ1n) is 4.39. The molecule has 0 aliphatic rings. The van der Waals surface area contributed by atoms with E-state index in [0.29, 0.717) is 11.8 Å². The van der Waals surface area contributed by atoms with Crippen molar-refractivity contribution >= 4 is 6.29 Å². The first kappa shape index (κ1) is 10.7. The maximum absolute atomic E-state index is 13.6. The van der Waals surface area contributed by atoms with Crippen molar-refractivity contribution in [2.24, 2.45) is 0 Å². The normalized spacial score (nSPS) is 13.6. The minimum atomic E-state index is -1.67. The van der Waals surface area contributed by atoms with Crippen molar-refractivity contribution in [3.63, 3.8) is 0 Å². The second kappa shape index (κ2) is 3.78. The first-order valence-corrected chi connectivity index (χ1v) is 4.39. The molecule has 14 heavy (non-hydrogen) atoms. The van der Waals surface area contributed by atoms with Crippen LogP contribution in [-0.4, -0.2) is 17.1 Å². The molecule has 0 aliphatic carbocycles. The summed E-state index contributed by atoms with van der Waals surface area (Å²) in [4.78, 5) is 10.8. The third-order valence-electron chi connectivity index (χ3n) is 2.15. The zero-order valence-corrected chi connectivity index (χ0v) is 8.20. The van der Waals surface area contributed by atoms with Crippen molar-refractivity contribution in [2.75, 3.05) is 0 Å². The summed E-state index contributed by atoms with van der Waals surface area (Å²) in [5.74, 6) is -0.973. The number of aromatic hydroxyl groups is 1. The summed E-state index contributed by atoms with van der Waals surface area (Å²) in [6, 6.07) is 6.29. The molecule has 3 heteroatoms. The van der Waals surface area contributed by atoms with E-state index in [1.54, 1.807) is 18.2 Å². The first-order chi connectivity index (χ1) is 6.46. The molecule has 0 bridgehead atoms. The van der Waals surface area contributed by atoms with Crippen molar-refractivity contribution in [3.05, 3.63) is 29.8 Å². The molecule has 1 atom stereocenters. The number of benzene rings is 1. The molecule has 0 radical (unpaired) electrons. The van der Waals surface area contributed by atoms with Crippen LogP contribution in [0.3, 0.4) is 0 Å². The lowest BCUT2D eigenvalue weighted by Crippen LogP contribution is -2.25. The van der Waals surface area contributed by atoms with Gasteiger partial charge in [-0.05, 0) is 19.9 Å². The van der Waals surface area contributed by atoms with Crippen LogP contribution in [0.4, 0.5) is 4.39 Å². The number of hydrogen-bond donors (Lipinski definition) is 1. The average Bonchev–Trinajstić information content (AvgIpc) is 2.07. The van der Waals surface area contributed by atoms with Crippen molar-refractivity contribution in [3.8, 4) is 5.75 Å². The molecule has 0 amide bonds. The van der Waals surface area contributed by atoms with Gasteiger partial charge in [-0.25, -0.2) is 4.39 Å². The zero-order valence-electron chi connectivity index (χ0n) is 8.20. The van der Waals surface area contributed by atoms with Gasteiger partial charge in [0, 0.05) is 5.56 Å². The molecule has 1 aromatic carbocycles. The van der Waals surface area contributed by atoms with Gasteiger partial charge >= 0.3 is 0 Å². The highest BCUT2D eigenvalue weighted by molar-refractivity contribution is 5.66. The molecule has 0 saturated heterocycles. The molecule has 1 aromatic rings. The van der Waals surface area contributed by atoms with Gasteiger partial charge in [0.1, 0.15) is 17.7 Å². The summed E-state index contributed by atoms with van der Waals surface area (Å²) in [5, 5.41) is 9.45. The lowest BCUT2D eigenvalue weighted by Gasteiger charge is -2.22. The molecular weight excluding hydrogens is 183 g/mol. The molecule has 1 N–H and O–H groups in total. The summed E-state index contributed by atoms with van der Waals surface area (Å²) in [7, 11) is 0. The van der Waals surface area contributed by atoms with Crippen LogP contribution in [0.1, 0.15) is 25.3 Å². The van der Waals surface area contributed by atoms with E-state index < -0.39 is 11.6 Å². The average molecular weight is 196 g/mol. The van der Waals surface area contributed by atoms with Crippen molar-refractivity contribution in [2.45, 2.75) is 25.4 Å². The quantitative estimate of drug-likeness (QED) is 0.754. The summed E-state index contributed by atoms with van der Waals surface area (Å²) in [6.07, 6.45) is 0.523. The number of phenols is 1. The molecule has 2 nitrogen and oxygen atoms in total. The van der Waals surface area contributed by atoms with Crippen LogP contribution in [0, 0.1) is 0 Å². The van der Waals surface area contributed by atoms with Crippen LogP contribution in [-0.2, 0) is 4.79 Å². The predicted molar refractivity (Wildman–Crippen MR) is 52.1 cm³/mol. The van der Waals surface area contributed by atoms with E-state index in [1.165, 1.54) is 19.9 Å². The summed E-state index contributed by atoms with van der Waals surface area (Å²) in [5.41, 5.74) is -1.34. The fourth-order valence-electron chi connectivity index (χ4n) is 1.36. The smallest absolute Gasteiger partial charge is 0.130 e. The lowest BCUT2D eigenvalue weighted by molar-refractivity contribution is -0.111. The molecule has 76 valence electrons. The SMILES string of the molecule is CC(C)(F)C(C=O)c1ccccc1O. The number of hydrogen-bond acceptors (Lipinski definition) is 2. The van der Waals surface area contributed by atoms with Gasteiger partial charge in [0.15, 0.2) is 0 Å². The number of alkyl halides is 1. The van der Waals surface area contributed by atoms with Gasteiger partial charge in [0.05, 0.1) is 5.92 Å². The second-order valence-electron chi connectivity index (χ2n) is 3.74. The Morgan fingerprint density at radius 3 is 2.43 bits per heavy atom. The van der Waals surface area contributed by atoms with Gasteiger partial charge in [0.2, 0.25) is 0 Å². The van der Waals surface area contributed by atoms with Gasteiger partial charge < -0.3 is 9.90 Å². The largest absolute Gasteiger partial charge is 0.508 e. The molecule has 0 saturated carbocycles. The Balaban J connectivity index is 3.14. The maximum atomic E-state index is 13.6. The number of para-hydroxylation sites is 1. The summed E-state index contributed by atoms with van der Waals surface area (Å²) in [6.45, 7) is 2.64. The van der Waals surface area contributed by atoms with E-state index >= 15 is 0 Å². The Bertz CT molecular complexity index is 328. The Morgan fingerprint density at radius 1 is 1.43 bits per heavy atom. The molecule has 0 heterocycles. The van der Waals surface area contributed by atoms with Gasteiger partial charge in [-0.15, -0.1) is 0 Å². The molecule has 0 spiro atoms. The Hall–Kier alpha value is -1.38. The Kier molecular flexibility index (Phi) is 2.89. The van der Waals surface area contributed by atoms with E-state index in [4.69, 9.17) is 0 Å². The van der Waals surface area contributed by atoms with Crippen LogP contribution in [0.2, 0.25) is 0 Å². The van der Waals surface area contributed by atoms with Crippen molar-refractivity contribution < 1.29 is 14.3 Å². The van der Waals surface area contributed by atoms with Gasteiger partial charge in [-0.1, -0.05) is 18.2 Å². The predicted octanol–water partition coefficient (Wildman–Crippen LogP) is 2.42. The molecular formula is C11H13FO2. The van der Waals surface area contributed by atoms with Crippen LogP contribution >= 0.6 is 0 Å². The molecule has 1 unspecified atom stereocenters. The molecule has 1 rings (SSSR count). The topological polar surface area (TPSA) is 37.3 Å². The van der Waals surface area contributed by atoms with Crippen molar-refractivity contribution in [1.82, 2.24) is 0 Å². The van der Waals surface area contributed by atoms with E-state index in [2.05, 4.69) is 0 Å². The fourth-order valence-corrected chi connectivity index (χ4v) is 1.36. The third-order valence-corrected chi connectivity index (χ3v) is 2.15. The summed E-state index contributed by atoms with van der Waals surface area (Å²) >= 11 is 0. The molecule has 0 fully saturated rings. The number of rotatable bonds is 3. The number of phenolic OH excluding ortho intramolecular Hbond substituents is 1. The van der Waals surface area contributed by atoms with Gasteiger partial charge in [-0.2, -0.15) is 0 Å².